The van der Waals surface area contributed by atoms with Crippen molar-refractivity contribution in [3.05, 3.63) is 37.4 Å². The molecule has 0 bridgehead atoms. The average Bonchev–Trinajstić information content (AvgIpc) is 2.10. The highest BCUT2D eigenvalue weighted by molar-refractivity contribution is 9.10. The second kappa shape index (κ2) is 2.98. The summed E-state index contributed by atoms with van der Waals surface area (Å²) in [5.74, 6) is -0.181. The first-order valence-corrected chi connectivity index (χ1v) is 4.52. The van der Waals surface area contributed by atoms with Gasteiger partial charge < -0.3 is 10.1 Å². The molecule has 1 aromatic heterocycles. The highest BCUT2D eigenvalue weighted by Crippen LogP contribution is 2.28. The lowest BCUT2D eigenvalue weighted by molar-refractivity contribution is 0.477. The SMILES string of the molecule is O=c1[nH]c(=O)c2c(O)c(Br)ccc2[nH]1. The number of hydrogen-bond donors (Lipinski definition) is 3. The number of aromatic nitrogens is 2. The second-order valence-electron chi connectivity index (χ2n) is 2.73. The summed E-state index contributed by atoms with van der Waals surface area (Å²) in [5.41, 5.74) is -0.897. The molecule has 0 saturated heterocycles. The van der Waals surface area contributed by atoms with Crippen LogP contribution in [0, 0.1) is 0 Å². The van der Waals surface area contributed by atoms with Crippen LogP contribution in [-0.4, -0.2) is 15.1 Å². The first kappa shape index (κ1) is 9.01. The van der Waals surface area contributed by atoms with Crippen LogP contribution in [-0.2, 0) is 0 Å². The van der Waals surface area contributed by atoms with Crippen molar-refractivity contribution >= 4 is 26.8 Å². The van der Waals surface area contributed by atoms with Crippen LogP contribution >= 0.6 is 15.9 Å². The highest BCUT2D eigenvalue weighted by atomic mass is 79.9. The molecule has 3 N–H and O–H groups in total. The van der Waals surface area contributed by atoms with Crippen molar-refractivity contribution in [3.8, 4) is 5.75 Å². The number of H-pyrrole nitrogens is 2. The smallest absolute Gasteiger partial charge is 0.326 e. The van der Waals surface area contributed by atoms with Gasteiger partial charge in [-0.05, 0) is 28.1 Å². The van der Waals surface area contributed by atoms with Crippen LogP contribution in [0.3, 0.4) is 0 Å². The molecule has 0 aliphatic rings. The molecule has 0 fully saturated rings. The number of halogens is 1. The van der Waals surface area contributed by atoms with E-state index in [-0.39, 0.29) is 11.1 Å². The predicted octanol–water partition coefficient (Wildman–Crippen LogP) is 0.685. The van der Waals surface area contributed by atoms with E-state index >= 15 is 0 Å². The van der Waals surface area contributed by atoms with Gasteiger partial charge in [-0.25, -0.2) is 4.79 Å². The van der Waals surface area contributed by atoms with Crippen LogP contribution < -0.4 is 11.2 Å². The summed E-state index contributed by atoms with van der Waals surface area (Å²) in [6, 6.07) is 3.09. The Bertz CT molecular complexity index is 614. The first-order chi connectivity index (χ1) is 6.59. The van der Waals surface area contributed by atoms with Gasteiger partial charge >= 0.3 is 5.69 Å². The fourth-order valence-electron chi connectivity index (χ4n) is 1.22. The van der Waals surface area contributed by atoms with E-state index in [1.165, 1.54) is 6.07 Å². The molecule has 14 heavy (non-hydrogen) atoms. The minimum absolute atomic E-state index is 0.0685. The zero-order chi connectivity index (χ0) is 10.3. The summed E-state index contributed by atoms with van der Waals surface area (Å²) < 4.78 is 0.405. The van der Waals surface area contributed by atoms with Crippen LogP contribution in [0.5, 0.6) is 5.75 Å². The summed E-state index contributed by atoms with van der Waals surface area (Å²) in [6.45, 7) is 0. The van der Waals surface area contributed by atoms with E-state index in [0.29, 0.717) is 9.99 Å². The zero-order valence-corrected chi connectivity index (χ0v) is 8.38. The normalized spacial score (nSPS) is 10.6. The van der Waals surface area contributed by atoms with Crippen molar-refractivity contribution in [2.75, 3.05) is 0 Å². The topological polar surface area (TPSA) is 85.9 Å². The molecule has 5 nitrogen and oxygen atoms in total. The molecule has 0 saturated carbocycles. The zero-order valence-electron chi connectivity index (χ0n) is 6.80. The van der Waals surface area contributed by atoms with E-state index in [1.807, 2.05) is 4.98 Å². The van der Waals surface area contributed by atoms with Crippen LogP contribution in [0.4, 0.5) is 0 Å². The lowest BCUT2D eigenvalue weighted by atomic mass is 10.2. The molecule has 72 valence electrons. The molecular weight excluding hydrogens is 252 g/mol. The summed E-state index contributed by atoms with van der Waals surface area (Å²) in [4.78, 5) is 26.7. The van der Waals surface area contributed by atoms with E-state index in [2.05, 4.69) is 20.9 Å². The number of aromatic hydroxyl groups is 1. The van der Waals surface area contributed by atoms with Crippen LogP contribution in [0.2, 0.25) is 0 Å². The fraction of sp³-hybridized carbons (Fsp3) is 0. The highest BCUT2D eigenvalue weighted by Gasteiger charge is 2.08. The summed E-state index contributed by atoms with van der Waals surface area (Å²) in [5, 5.41) is 9.61. The van der Waals surface area contributed by atoms with Gasteiger partial charge in [-0.1, -0.05) is 0 Å². The van der Waals surface area contributed by atoms with Crippen molar-refractivity contribution in [2.45, 2.75) is 0 Å². The molecule has 0 unspecified atom stereocenters. The fourth-order valence-corrected chi connectivity index (χ4v) is 1.55. The lowest BCUT2D eigenvalue weighted by Gasteiger charge is -2.00. The standard InChI is InChI=1S/C8H5BrN2O3/c9-3-1-2-4-5(6(3)12)7(13)11-8(14)10-4/h1-2,12H,(H2,10,11,13,14). The molecule has 0 atom stereocenters. The number of rotatable bonds is 0. The maximum Gasteiger partial charge on any atom is 0.326 e. The molecule has 0 radical (unpaired) electrons. The van der Waals surface area contributed by atoms with E-state index in [9.17, 15) is 14.7 Å². The van der Waals surface area contributed by atoms with Crippen LogP contribution in [0.1, 0.15) is 0 Å². The van der Waals surface area contributed by atoms with Gasteiger partial charge in [0, 0.05) is 0 Å². The van der Waals surface area contributed by atoms with Crippen molar-refractivity contribution in [2.24, 2.45) is 0 Å². The molecule has 0 amide bonds. The van der Waals surface area contributed by atoms with Gasteiger partial charge in [0.25, 0.3) is 5.56 Å². The molecular formula is C8H5BrN2O3. The van der Waals surface area contributed by atoms with E-state index < -0.39 is 11.2 Å². The summed E-state index contributed by atoms with van der Waals surface area (Å²) >= 11 is 3.07. The van der Waals surface area contributed by atoms with Gasteiger partial charge in [0.05, 0.1) is 9.99 Å². The van der Waals surface area contributed by atoms with Crippen LogP contribution in [0.15, 0.2) is 26.2 Å². The Morgan fingerprint density at radius 1 is 1.21 bits per heavy atom. The lowest BCUT2D eigenvalue weighted by Crippen LogP contribution is -2.21. The number of fused-ring (bicyclic) bond motifs is 1. The van der Waals surface area contributed by atoms with Crippen molar-refractivity contribution in [3.63, 3.8) is 0 Å². The third-order valence-corrected chi connectivity index (χ3v) is 2.47. The van der Waals surface area contributed by atoms with Crippen molar-refractivity contribution in [1.82, 2.24) is 9.97 Å². The Hall–Kier alpha value is -1.56. The number of benzene rings is 1. The number of aromatic amines is 2. The first-order valence-electron chi connectivity index (χ1n) is 3.73. The van der Waals surface area contributed by atoms with E-state index in [1.54, 1.807) is 6.07 Å². The van der Waals surface area contributed by atoms with Crippen molar-refractivity contribution < 1.29 is 5.11 Å². The average molecular weight is 257 g/mol. The second-order valence-corrected chi connectivity index (χ2v) is 3.58. The Labute approximate surface area is 85.5 Å². The van der Waals surface area contributed by atoms with Gasteiger partial charge in [-0.3, -0.25) is 9.78 Å². The van der Waals surface area contributed by atoms with Gasteiger partial charge in [0.1, 0.15) is 11.1 Å². The quantitative estimate of drug-likeness (QED) is 0.648. The largest absolute Gasteiger partial charge is 0.506 e. The van der Waals surface area contributed by atoms with Gasteiger partial charge in [-0.15, -0.1) is 0 Å². The van der Waals surface area contributed by atoms with Gasteiger partial charge in [-0.2, -0.15) is 0 Å². The Balaban J connectivity index is 3.11. The minimum atomic E-state index is -0.609. The predicted molar refractivity (Wildman–Crippen MR) is 54.6 cm³/mol. The molecule has 1 aromatic carbocycles. The number of phenols is 1. The van der Waals surface area contributed by atoms with Crippen LogP contribution in [0.25, 0.3) is 10.9 Å². The van der Waals surface area contributed by atoms with Crippen molar-refractivity contribution in [1.29, 1.82) is 0 Å². The third kappa shape index (κ3) is 1.24. The molecule has 2 aromatic rings. The summed E-state index contributed by atoms with van der Waals surface area (Å²) in [6.07, 6.45) is 0. The third-order valence-electron chi connectivity index (χ3n) is 1.83. The monoisotopic (exact) mass is 256 g/mol. The molecule has 6 heteroatoms. The molecule has 0 aliphatic heterocycles. The van der Waals surface area contributed by atoms with Gasteiger partial charge in [0.15, 0.2) is 0 Å². The molecule has 0 aliphatic carbocycles. The number of phenolic OH excluding ortho intramolecular Hbond substituents is 1. The number of hydrogen-bond acceptors (Lipinski definition) is 3. The molecule has 0 spiro atoms. The summed E-state index contributed by atoms with van der Waals surface area (Å²) in [7, 11) is 0. The Kier molecular flexibility index (Phi) is 1.92. The maximum atomic E-state index is 11.3. The molecule has 1 heterocycles. The maximum absolute atomic E-state index is 11.3. The number of nitrogens with one attached hydrogen (secondary N) is 2. The Morgan fingerprint density at radius 2 is 1.93 bits per heavy atom. The minimum Gasteiger partial charge on any atom is -0.506 e. The molecule has 2 rings (SSSR count). The van der Waals surface area contributed by atoms with E-state index in [0.717, 1.165) is 0 Å². The Morgan fingerprint density at radius 3 is 2.64 bits per heavy atom. The van der Waals surface area contributed by atoms with Gasteiger partial charge in [0.2, 0.25) is 0 Å². The van der Waals surface area contributed by atoms with E-state index in [4.69, 9.17) is 0 Å².